The van der Waals surface area contributed by atoms with Crippen molar-refractivity contribution in [2.45, 2.75) is 13.3 Å². The van der Waals surface area contributed by atoms with Crippen LogP contribution in [0, 0.1) is 0 Å². The van der Waals surface area contributed by atoms with Crippen molar-refractivity contribution in [3.8, 4) is 0 Å². The van der Waals surface area contributed by atoms with Crippen molar-refractivity contribution in [2.75, 3.05) is 0 Å². The minimum atomic E-state index is 0.928. The third-order valence-corrected chi connectivity index (χ3v) is 1.84. The lowest BCUT2D eigenvalue weighted by Gasteiger charge is -1.87. The molecule has 0 atom stereocenters. The van der Waals surface area contributed by atoms with Crippen LogP contribution in [-0.4, -0.2) is 4.98 Å². The van der Waals surface area contributed by atoms with Gasteiger partial charge in [-0.1, -0.05) is 6.92 Å². The van der Waals surface area contributed by atoms with Crippen molar-refractivity contribution in [2.24, 2.45) is 0 Å². The van der Waals surface area contributed by atoms with Crippen LogP contribution in [0.2, 0.25) is 0 Å². The van der Waals surface area contributed by atoms with E-state index in [0.717, 1.165) is 17.4 Å². The molecule has 2 rings (SSSR count). The average Bonchev–Trinajstić information content (AvgIpc) is 2.47. The summed E-state index contributed by atoms with van der Waals surface area (Å²) in [6.07, 6.45) is 6.38. The first-order valence-corrected chi connectivity index (χ1v) is 3.72. The van der Waals surface area contributed by atoms with Crippen LogP contribution < -0.4 is 0 Å². The second-order valence-corrected chi connectivity index (χ2v) is 2.49. The van der Waals surface area contributed by atoms with E-state index in [-0.39, 0.29) is 0 Å². The monoisotopic (exact) mass is 147 g/mol. The van der Waals surface area contributed by atoms with Crippen molar-refractivity contribution in [3.63, 3.8) is 0 Å². The van der Waals surface area contributed by atoms with Crippen molar-refractivity contribution in [1.82, 2.24) is 4.98 Å². The highest BCUT2D eigenvalue weighted by Crippen LogP contribution is 2.19. The zero-order valence-corrected chi connectivity index (χ0v) is 6.37. The van der Waals surface area contributed by atoms with E-state index in [2.05, 4.69) is 11.9 Å². The molecule has 2 heteroatoms. The Bertz CT molecular complexity index is 364. The number of rotatable bonds is 1. The minimum absolute atomic E-state index is 0.928. The van der Waals surface area contributed by atoms with Crippen molar-refractivity contribution in [1.29, 1.82) is 0 Å². The minimum Gasteiger partial charge on any atom is -0.464 e. The molecule has 0 bridgehead atoms. The summed E-state index contributed by atoms with van der Waals surface area (Å²) in [6.45, 7) is 2.11. The summed E-state index contributed by atoms with van der Waals surface area (Å²) in [5.41, 5.74) is 2.16. The first-order chi connectivity index (χ1) is 5.42. The molecule has 0 unspecified atom stereocenters. The Labute approximate surface area is 64.9 Å². The SMILES string of the molecule is CCc1coc2ccncc12. The zero-order valence-electron chi connectivity index (χ0n) is 6.37. The third-order valence-electron chi connectivity index (χ3n) is 1.84. The topological polar surface area (TPSA) is 26.0 Å². The highest BCUT2D eigenvalue weighted by Gasteiger charge is 2.01. The first-order valence-electron chi connectivity index (χ1n) is 3.72. The van der Waals surface area contributed by atoms with Crippen LogP contribution in [0.1, 0.15) is 12.5 Å². The number of hydrogen-bond donors (Lipinski definition) is 0. The molecule has 0 saturated heterocycles. The van der Waals surface area contributed by atoms with Gasteiger partial charge in [0.1, 0.15) is 5.58 Å². The summed E-state index contributed by atoms with van der Waals surface area (Å²) in [4.78, 5) is 4.03. The molecular formula is C9H9NO. The Kier molecular flexibility index (Phi) is 1.39. The fourth-order valence-electron chi connectivity index (χ4n) is 1.20. The average molecular weight is 147 g/mol. The molecule has 0 radical (unpaired) electrons. The summed E-state index contributed by atoms with van der Waals surface area (Å²) in [5, 5.41) is 1.13. The Balaban J connectivity index is 2.76. The van der Waals surface area contributed by atoms with Gasteiger partial charge in [-0.25, -0.2) is 0 Å². The molecule has 0 aliphatic heterocycles. The second-order valence-electron chi connectivity index (χ2n) is 2.49. The molecule has 0 aliphatic rings. The molecule has 56 valence electrons. The van der Waals surface area contributed by atoms with Crippen molar-refractivity contribution in [3.05, 3.63) is 30.3 Å². The molecule has 0 aromatic carbocycles. The Morgan fingerprint density at radius 1 is 1.55 bits per heavy atom. The largest absolute Gasteiger partial charge is 0.464 e. The molecule has 11 heavy (non-hydrogen) atoms. The zero-order chi connectivity index (χ0) is 7.68. The van der Waals surface area contributed by atoms with E-state index in [9.17, 15) is 0 Å². The maximum absolute atomic E-state index is 5.30. The lowest BCUT2D eigenvalue weighted by atomic mass is 10.2. The Hall–Kier alpha value is -1.31. The van der Waals surface area contributed by atoms with Gasteiger partial charge >= 0.3 is 0 Å². The van der Waals surface area contributed by atoms with Crippen molar-refractivity contribution < 1.29 is 4.42 Å². The highest BCUT2D eigenvalue weighted by molar-refractivity contribution is 5.79. The lowest BCUT2D eigenvalue weighted by molar-refractivity contribution is 0.611. The number of nitrogens with zero attached hydrogens (tertiary/aromatic N) is 1. The van der Waals surface area contributed by atoms with Crippen molar-refractivity contribution >= 4 is 11.0 Å². The van der Waals surface area contributed by atoms with Gasteiger partial charge in [0, 0.05) is 17.8 Å². The highest BCUT2D eigenvalue weighted by atomic mass is 16.3. The maximum Gasteiger partial charge on any atom is 0.137 e. The van der Waals surface area contributed by atoms with Crippen LogP contribution in [0.5, 0.6) is 0 Å². The maximum atomic E-state index is 5.30. The lowest BCUT2D eigenvalue weighted by Crippen LogP contribution is -1.75. The van der Waals surface area contributed by atoms with Crippen LogP contribution in [-0.2, 0) is 6.42 Å². The van der Waals surface area contributed by atoms with E-state index in [1.165, 1.54) is 5.56 Å². The number of pyridine rings is 1. The molecule has 0 spiro atoms. The van der Waals surface area contributed by atoms with Crippen LogP contribution in [0.25, 0.3) is 11.0 Å². The predicted octanol–water partition coefficient (Wildman–Crippen LogP) is 2.39. The number of fused-ring (bicyclic) bond motifs is 1. The molecule has 2 heterocycles. The van der Waals surface area contributed by atoms with Gasteiger partial charge in [-0.15, -0.1) is 0 Å². The number of furan rings is 1. The summed E-state index contributed by atoms with van der Waals surface area (Å²) < 4.78 is 5.30. The van der Waals surface area contributed by atoms with Gasteiger partial charge in [-0.05, 0) is 18.1 Å². The van der Waals surface area contributed by atoms with E-state index < -0.39 is 0 Å². The van der Waals surface area contributed by atoms with E-state index in [1.807, 2.05) is 12.3 Å². The number of aromatic nitrogens is 1. The van der Waals surface area contributed by atoms with E-state index in [0.29, 0.717) is 0 Å². The summed E-state index contributed by atoms with van der Waals surface area (Å²) in [6, 6.07) is 1.88. The second kappa shape index (κ2) is 2.38. The van der Waals surface area contributed by atoms with Gasteiger partial charge in [0.15, 0.2) is 0 Å². The van der Waals surface area contributed by atoms with Gasteiger partial charge in [0.25, 0.3) is 0 Å². The Morgan fingerprint density at radius 3 is 3.27 bits per heavy atom. The molecule has 0 amide bonds. The molecule has 2 nitrogen and oxygen atoms in total. The molecule has 2 aromatic rings. The van der Waals surface area contributed by atoms with E-state index in [4.69, 9.17) is 4.42 Å². The smallest absolute Gasteiger partial charge is 0.137 e. The van der Waals surface area contributed by atoms with E-state index in [1.54, 1.807) is 12.5 Å². The standard InChI is InChI=1S/C9H9NO/c1-2-7-6-11-9-3-4-10-5-8(7)9/h3-6H,2H2,1H3. The van der Waals surface area contributed by atoms with Gasteiger partial charge in [0.05, 0.1) is 6.26 Å². The van der Waals surface area contributed by atoms with Crippen LogP contribution >= 0.6 is 0 Å². The molecule has 0 fully saturated rings. The van der Waals surface area contributed by atoms with Gasteiger partial charge < -0.3 is 4.42 Å². The fraction of sp³-hybridized carbons (Fsp3) is 0.222. The van der Waals surface area contributed by atoms with Gasteiger partial charge in [0.2, 0.25) is 0 Å². The fourth-order valence-corrected chi connectivity index (χ4v) is 1.20. The first kappa shape index (κ1) is 6.40. The molecule has 0 saturated carbocycles. The quantitative estimate of drug-likeness (QED) is 0.619. The number of hydrogen-bond acceptors (Lipinski definition) is 2. The van der Waals surface area contributed by atoms with Gasteiger partial charge in [-0.2, -0.15) is 0 Å². The van der Waals surface area contributed by atoms with Crippen LogP contribution in [0.15, 0.2) is 29.1 Å². The molecule has 0 N–H and O–H groups in total. The molecule has 0 aliphatic carbocycles. The molecular weight excluding hydrogens is 138 g/mol. The summed E-state index contributed by atoms with van der Waals surface area (Å²) >= 11 is 0. The predicted molar refractivity (Wildman–Crippen MR) is 43.4 cm³/mol. The van der Waals surface area contributed by atoms with E-state index >= 15 is 0 Å². The van der Waals surface area contributed by atoms with Crippen LogP contribution in [0.4, 0.5) is 0 Å². The Morgan fingerprint density at radius 2 is 2.45 bits per heavy atom. The number of aryl methyl sites for hydroxylation is 1. The van der Waals surface area contributed by atoms with Gasteiger partial charge in [-0.3, -0.25) is 4.98 Å². The third kappa shape index (κ3) is 0.909. The van der Waals surface area contributed by atoms with Crippen LogP contribution in [0.3, 0.4) is 0 Å². The summed E-state index contributed by atoms with van der Waals surface area (Å²) in [7, 11) is 0. The normalized spacial score (nSPS) is 10.6. The summed E-state index contributed by atoms with van der Waals surface area (Å²) in [5.74, 6) is 0. The molecule has 2 aromatic heterocycles.